The van der Waals surface area contributed by atoms with Crippen LogP contribution in [0.3, 0.4) is 0 Å². The number of rotatable bonds is 3. The van der Waals surface area contributed by atoms with Gasteiger partial charge in [0.15, 0.2) is 0 Å². The monoisotopic (exact) mass is 252 g/mol. The van der Waals surface area contributed by atoms with Crippen molar-refractivity contribution in [1.82, 2.24) is 4.90 Å². The summed E-state index contributed by atoms with van der Waals surface area (Å²) in [5, 5.41) is 0. The van der Waals surface area contributed by atoms with E-state index in [4.69, 9.17) is 5.73 Å². The second-order valence-corrected chi connectivity index (χ2v) is 5.35. The fourth-order valence-electron chi connectivity index (χ4n) is 2.83. The third-order valence-corrected chi connectivity index (χ3v) is 4.15. The highest BCUT2D eigenvalue weighted by Crippen LogP contribution is 2.28. The van der Waals surface area contributed by atoms with Gasteiger partial charge < -0.3 is 5.73 Å². The van der Waals surface area contributed by atoms with E-state index >= 15 is 0 Å². The normalized spacial score (nSPS) is 18.0. The maximum Gasteiger partial charge on any atom is 0.0450 e. The van der Waals surface area contributed by atoms with Crippen LogP contribution in [0.4, 0.5) is 0 Å². The molecule has 2 unspecified atom stereocenters. The first-order chi connectivity index (χ1) is 9.25. The highest BCUT2D eigenvalue weighted by molar-refractivity contribution is 5.31. The van der Waals surface area contributed by atoms with Crippen molar-refractivity contribution < 1.29 is 0 Å². The second-order valence-electron chi connectivity index (χ2n) is 5.35. The van der Waals surface area contributed by atoms with Crippen molar-refractivity contribution in [2.45, 2.75) is 32.1 Å². The SMILES string of the molecule is CC(C(N)c1ccccc1)N1Cc2ccccc2C1. The van der Waals surface area contributed by atoms with Crippen molar-refractivity contribution in [2.24, 2.45) is 5.73 Å². The minimum absolute atomic E-state index is 0.0653. The lowest BCUT2D eigenvalue weighted by atomic mass is 10.0. The van der Waals surface area contributed by atoms with E-state index in [9.17, 15) is 0 Å². The number of hydrogen-bond acceptors (Lipinski definition) is 2. The van der Waals surface area contributed by atoms with Gasteiger partial charge in [-0.15, -0.1) is 0 Å². The molecule has 0 saturated carbocycles. The minimum Gasteiger partial charge on any atom is -0.323 e. The molecule has 98 valence electrons. The Kier molecular flexibility index (Phi) is 3.36. The van der Waals surface area contributed by atoms with Crippen LogP contribution < -0.4 is 5.73 Å². The van der Waals surface area contributed by atoms with Crippen molar-refractivity contribution in [3.63, 3.8) is 0 Å². The maximum atomic E-state index is 6.41. The topological polar surface area (TPSA) is 29.3 Å². The Hall–Kier alpha value is -1.64. The maximum absolute atomic E-state index is 6.41. The molecule has 0 aliphatic carbocycles. The lowest BCUT2D eigenvalue weighted by Gasteiger charge is -2.29. The van der Waals surface area contributed by atoms with E-state index < -0.39 is 0 Å². The summed E-state index contributed by atoms with van der Waals surface area (Å²) in [5.41, 5.74) is 10.5. The molecule has 1 aliphatic heterocycles. The average molecular weight is 252 g/mol. The molecule has 0 saturated heterocycles. The highest BCUT2D eigenvalue weighted by atomic mass is 15.2. The molecule has 0 fully saturated rings. The van der Waals surface area contributed by atoms with E-state index in [2.05, 4.69) is 60.4 Å². The number of fused-ring (bicyclic) bond motifs is 1. The summed E-state index contributed by atoms with van der Waals surface area (Å²) >= 11 is 0. The van der Waals surface area contributed by atoms with Gasteiger partial charge in [0.1, 0.15) is 0 Å². The van der Waals surface area contributed by atoms with E-state index in [-0.39, 0.29) is 6.04 Å². The molecule has 2 aromatic carbocycles. The number of benzene rings is 2. The largest absolute Gasteiger partial charge is 0.323 e. The smallest absolute Gasteiger partial charge is 0.0450 e. The number of nitrogens with two attached hydrogens (primary N) is 1. The predicted molar refractivity (Wildman–Crippen MR) is 78.5 cm³/mol. The van der Waals surface area contributed by atoms with Crippen LogP contribution in [0.5, 0.6) is 0 Å². The molecular weight excluding hydrogens is 232 g/mol. The summed E-state index contributed by atoms with van der Waals surface area (Å²) in [6, 6.07) is 19.5. The van der Waals surface area contributed by atoms with E-state index in [1.165, 1.54) is 16.7 Å². The predicted octanol–water partition coefficient (Wildman–Crippen LogP) is 3.09. The first-order valence-electron chi connectivity index (χ1n) is 6.87. The van der Waals surface area contributed by atoms with Crippen LogP contribution in [-0.4, -0.2) is 10.9 Å². The Morgan fingerprint density at radius 1 is 0.895 bits per heavy atom. The fourth-order valence-corrected chi connectivity index (χ4v) is 2.83. The molecule has 0 amide bonds. The van der Waals surface area contributed by atoms with Gasteiger partial charge in [0.2, 0.25) is 0 Å². The third kappa shape index (κ3) is 2.42. The van der Waals surface area contributed by atoms with E-state index in [0.717, 1.165) is 13.1 Å². The summed E-state index contributed by atoms with van der Waals surface area (Å²) < 4.78 is 0. The molecule has 19 heavy (non-hydrogen) atoms. The summed E-state index contributed by atoms with van der Waals surface area (Å²) in [6.45, 7) is 4.25. The molecule has 0 bridgehead atoms. The Morgan fingerprint density at radius 2 is 1.42 bits per heavy atom. The summed E-state index contributed by atoms with van der Waals surface area (Å²) in [6.07, 6.45) is 0. The summed E-state index contributed by atoms with van der Waals surface area (Å²) in [7, 11) is 0. The van der Waals surface area contributed by atoms with Crippen molar-refractivity contribution in [1.29, 1.82) is 0 Å². The molecule has 2 heteroatoms. The van der Waals surface area contributed by atoms with Gasteiger partial charge in [-0.25, -0.2) is 0 Å². The zero-order valence-corrected chi connectivity index (χ0v) is 11.3. The molecule has 2 nitrogen and oxygen atoms in total. The van der Waals surface area contributed by atoms with Crippen LogP contribution in [0.15, 0.2) is 54.6 Å². The van der Waals surface area contributed by atoms with E-state index in [1.807, 2.05) is 6.07 Å². The lowest BCUT2D eigenvalue weighted by molar-refractivity contribution is 0.186. The van der Waals surface area contributed by atoms with Crippen LogP contribution >= 0.6 is 0 Å². The summed E-state index contributed by atoms with van der Waals surface area (Å²) in [5.74, 6) is 0. The van der Waals surface area contributed by atoms with E-state index in [0.29, 0.717) is 6.04 Å². The van der Waals surface area contributed by atoms with Gasteiger partial charge in [-0.05, 0) is 23.6 Å². The van der Waals surface area contributed by atoms with Crippen molar-refractivity contribution in [3.8, 4) is 0 Å². The van der Waals surface area contributed by atoms with Crippen LogP contribution in [0.1, 0.15) is 29.7 Å². The number of nitrogens with zero attached hydrogens (tertiary/aromatic N) is 1. The van der Waals surface area contributed by atoms with Gasteiger partial charge >= 0.3 is 0 Å². The van der Waals surface area contributed by atoms with Crippen molar-refractivity contribution in [3.05, 3.63) is 71.3 Å². The Bertz CT molecular complexity index is 525. The molecule has 2 aromatic rings. The van der Waals surface area contributed by atoms with Gasteiger partial charge in [0, 0.05) is 25.2 Å². The Labute approximate surface area is 114 Å². The quantitative estimate of drug-likeness (QED) is 0.909. The minimum atomic E-state index is 0.0653. The highest BCUT2D eigenvalue weighted by Gasteiger charge is 2.27. The van der Waals surface area contributed by atoms with Gasteiger partial charge in [-0.1, -0.05) is 54.6 Å². The molecular formula is C17H20N2. The third-order valence-electron chi connectivity index (χ3n) is 4.15. The van der Waals surface area contributed by atoms with Crippen LogP contribution in [0.2, 0.25) is 0 Å². The van der Waals surface area contributed by atoms with Crippen LogP contribution in [0, 0.1) is 0 Å². The zero-order chi connectivity index (χ0) is 13.2. The molecule has 0 spiro atoms. The van der Waals surface area contributed by atoms with Gasteiger partial charge in [-0.2, -0.15) is 0 Å². The number of hydrogen-bond donors (Lipinski definition) is 1. The summed E-state index contributed by atoms with van der Waals surface area (Å²) in [4.78, 5) is 2.46. The second kappa shape index (κ2) is 5.16. The van der Waals surface area contributed by atoms with E-state index in [1.54, 1.807) is 0 Å². The fraction of sp³-hybridized carbons (Fsp3) is 0.294. The molecule has 0 aromatic heterocycles. The van der Waals surface area contributed by atoms with Crippen molar-refractivity contribution >= 4 is 0 Å². The molecule has 0 radical (unpaired) electrons. The van der Waals surface area contributed by atoms with Crippen LogP contribution in [0.25, 0.3) is 0 Å². The molecule has 1 heterocycles. The average Bonchev–Trinajstić information content (AvgIpc) is 2.90. The molecule has 3 rings (SSSR count). The lowest BCUT2D eigenvalue weighted by Crippen LogP contribution is -2.37. The standard InChI is InChI=1S/C17H20N2/c1-13(17(18)14-7-3-2-4-8-14)19-11-15-9-5-6-10-16(15)12-19/h2-10,13,17H,11-12,18H2,1H3. The van der Waals surface area contributed by atoms with Gasteiger partial charge in [-0.3, -0.25) is 4.90 Å². The Balaban J connectivity index is 1.75. The van der Waals surface area contributed by atoms with Gasteiger partial charge in [0.25, 0.3) is 0 Å². The van der Waals surface area contributed by atoms with Crippen LogP contribution in [-0.2, 0) is 13.1 Å². The molecule has 2 N–H and O–H groups in total. The first kappa shape index (κ1) is 12.4. The molecule has 2 atom stereocenters. The van der Waals surface area contributed by atoms with Crippen molar-refractivity contribution in [2.75, 3.05) is 0 Å². The molecule has 1 aliphatic rings. The first-order valence-corrected chi connectivity index (χ1v) is 6.87. The Morgan fingerprint density at radius 3 is 2.00 bits per heavy atom. The van der Waals surface area contributed by atoms with Gasteiger partial charge in [0.05, 0.1) is 0 Å². The zero-order valence-electron chi connectivity index (χ0n) is 11.3.